The zero-order valence-corrected chi connectivity index (χ0v) is 17.0. The van der Waals surface area contributed by atoms with Crippen LogP contribution in [0.15, 0.2) is 70.2 Å². The molecule has 7 nitrogen and oxygen atoms in total. The first-order valence-electron chi connectivity index (χ1n) is 8.93. The molecule has 1 amide bonds. The van der Waals surface area contributed by atoms with E-state index in [1.54, 1.807) is 19.2 Å². The second-order valence-electron chi connectivity index (χ2n) is 6.41. The van der Waals surface area contributed by atoms with E-state index in [1.807, 2.05) is 25.1 Å². The lowest BCUT2D eigenvalue weighted by Gasteiger charge is -2.10. The molecule has 0 saturated heterocycles. The third-order valence-corrected chi connectivity index (χ3v) is 5.79. The second kappa shape index (κ2) is 8.93. The number of amides is 1. The van der Waals surface area contributed by atoms with Crippen molar-refractivity contribution in [2.75, 3.05) is 7.11 Å². The van der Waals surface area contributed by atoms with Crippen LogP contribution >= 0.6 is 0 Å². The molecule has 0 aliphatic carbocycles. The summed E-state index contributed by atoms with van der Waals surface area (Å²) in [5.74, 6) is 0.975. The number of rotatable bonds is 8. The Balaban J connectivity index is 1.61. The van der Waals surface area contributed by atoms with Gasteiger partial charge in [0.05, 0.1) is 24.8 Å². The zero-order chi connectivity index (χ0) is 20.9. The summed E-state index contributed by atoms with van der Waals surface area (Å²) < 4.78 is 37.5. The van der Waals surface area contributed by atoms with Crippen LogP contribution in [0.3, 0.4) is 0 Å². The number of aryl methyl sites for hydroxylation is 1. The highest BCUT2D eigenvalue weighted by molar-refractivity contribution is 7.89. The molecule has 1 aromatic heterocycles. The van der Waals surface area contributed by atoms with Crippen LogP contribution in [0.25, 0.3) is 0 Å². The molecule has 8 heteroatoms. The third kappa shape index (κ3) is 5.24. The number of nitrogens with one attached hydrogen (secondary N) is 2. The molecule has 0 atom stereocenters. The Morgan fingerprint density at radius 2 is 1.83 bits per heavy atom. The molecule has 152 valence electrons. The smallest absolute Gasteiger partial charge is 0.251 e. The predicted molar refractivity (Wildman–Crippen MR) is 108 cm³/mol. The fraction of sp³-hybridized carbons (Fsp3) is 0.190. The molecule has 0 bridgehead atoms. The van der Waals surface area contributed by atoms with E-state index in [9.17, 15) is 13.2 Å². The average Bonchev–Trinajstić information content (AvgIpc) is 3.25. The number of carbonyl (C=O) groups excluding carboxylic acids is 1. The molecular formula is C21H22N2O5S. The highest BCUT2D eigenvalue weighted by Crippen LogP contribution is 2.19. The van der Waals surface area contributed by atoms with Gasteiger partial charge in [0.15, 0.2) is 0 Å². The number of hydrogen-bond acceptors (Lipinski definition) is 5. The minimum absolute atomic E-state index is 0.0532. The molecule has 0 saturated carbocycles. The van der Waals surface area contributed by atoms with E-state index in [1.165, 1.54) is 30.5 Å². The number of furan rings is 1. The van der Waals surface area contributed by atoms with E-state index < -0.39 is 10.0 Å². The van der Waals surface area contributed by atoms with Gasteiger partial charge in [-0.1, -0.05) is 12.1 Å². The lowest BCUT2D eigenvalue weighted by Crippen LogP contribution is -2.24. The van der Waals surface area contributed by atoms with Gasteiger partial charge in [-0.15, -0.1) is 0 Å². The van der Waals surface area contributed by atoms with E-state index >= 15 is 0 Å². The van der Waals surface area contributed by atoms with Crippen molar-refractivity contribution in [3.05, 3.63) is 83.3 Å². The van der Waals surface area contributed by atoms with Crippen molar-refractivity contribution in [3.8, 4) is 5.75 Å². The monoisotopic (exact) mass is 414 g/mol. The molecule has 0 fully saturated rings. The van der Waals surface area contributed by atoms with Gasteiger partial charge in [0.1, 0.15) is 11.5 Å². The fourth-order valence-corrected chi connectivity index (χ4v) is 3.70. The summed E-state index contributed by atoms with van der Waals surface area (Å²) in [7, 11) is -2.10. The predicted octanol–water partition coefficient (Wildman–Crippen LogP) is 3.01. The standard InChI is InChI=1S/C21H22N2O5S/c1-15-5-6-16(12-20(15)27-2)13-22-21(24)17-7-9-19(10-8-17)29(25,26)23-14-18-4-3-11-28-18/h3-12,23H,13-14H2,1-2H3,(H,22,24). The Morgan fingerprint density at radius 3 is 2.48 bits per heavy atom. The summed E-state index contributed by atoms with van der Waals surface area (Å²) in [6, 6.07) is 14.8. The van der Waals surface area contributed by atoms with Crippen molar-refractivity contribution < 1.29 is 22.4 Å². The lowest BCUT2D eigenvalue weighted by molar-refractivity contribution is 0.0950. The Bertz CT molecular complexity index is 1070. The van der Waals surface area contributed by atoms with Gasteiger partial charge in [0, 0.05) is 12.1 Å². The lowest BCUT2D eigenvalue weighted by atomic mass is 10.1. The summed E-state index contributed by atoms with van der Waals surface area (Å²) in [6.45, 7) is 2.33. The number of benzene rings is 2. The summed E-state index contributed by atoms with van der Waals surface area (Å²) in [5.41, 5.74) is 2.29. The number of hydrogen-bond donors (Lipinski definition) is 2. The SMILES string of the molecule is COc1cc(CNC(=O)c2ccc(S(=O)(=O)NCc3ccco3)cc2)ccc1C. The van der Waals surface area contributed by atoms with E-state index in [2.05, 4.69) is 10.0 Å². The summed E-state index contributed by atoms with van der Waals surface area (Å²) in [6.07, 6.45) is 1.48. The van der Waals surface area contributed by atoms with Crippen LogP contribution in [0.4, 0.5) is 0 Å². The molecule has 0 unspecified atom stereocenters. The number of ether oxygens (including phenoxy) is 1. The first kappa shape index (κ1) is 20.6. The molecule has 2 aromatic carbocycles. The van der Waals surface area contributed by atoms with Crippen molar-refractivity contribution in [3.63, 3.8) is 0 Å². The average molecular weight is 414 g/mol. The van der Waals surface area contributed by atoms with Gasteiger partial charge < -0.3 is 14.5 Å². The molecule has 2 N–H and O–H groups in total. The summed E-state index contributed by atoms with van der Waals surface area (Å²) in [5, 5.41) is 2.82. The minimum atomic E-state index is -3.70. The molecule has 29 heavy (non-hydrogen) atoms. The van der Waals surface area contributed by atoms with Crippen molar-refractivity contribution in [2.45, 2.75) is 24.9 Å². The van der Waals surface area contributed by atoms with Gasteiger partial charge in [-0.05, 0) is 60.5 Å². The maximum absolute atomic E-state index is 12.4. The van der Waals surface area contributed by atoms with Gasteiger partial charge in [0.2, 0.25) is 10.0 Å². The molecule has 1 heterocycles. The molecule has 0 spiro atoms. The van der Waals surface area contributed by atoms with Crippen LogP contribution in [0.2, 0.25) is 0 Å². The van der Waals surface area contributed by atoms with E-state index in [0.717, 1.165) is 16.9 Å². The molecule has 0 aliphatic rings. The van der Waals surface area contributed by atoms with Crippen LogP contribution in [-0.4, -0.2) is 21.4 Å². The molecule has 0 aliphatic heterocycles. The van der Waals surface area contributed by atoms with Gasteiger partial charge in [-0.25, -0.2) is 13.1 Å². The maximum Gasteiger partial charge on any atom is 0.251 e. The van der Waals surface area contributed by atoms with Crippen molar-refractivity contribution in [1.29, 1.82) is 0 Å². The van der Waals surface area contributed by atoms with E-state index in [4.69, 9.17) is 9.15 Å². The first-order chi connectivity index (χ1) is 13.9. The van der Waals surface area contributed by atoms with Gasteiger partial charge in [-0.3, -0.25) is 4.79 Å². The molecule has 3 aromatic rings. The van der Waals surface area contributed by atoms with Crippen LogP contribution < -0.4 is 14.8 Å². The Morgan fingerprint density at radius 1 is 1.07 bits per heavy atom. The largest absolute Gasteiger partial charge is 0.496 e. The van der Waals surface area contributed by atoms with Gasteiger partial charge >= 0.3 is 0 Å². The summed E-state index contributed by atoms with van der Waals surface area (Å²) >= 11 is 0. The first-order valence-corrected chi connectivity index (χ1v) is 10.4. The zero-order valence-electron chi connectivity index (χ0n) is 16.1. The minimum Gasteiger partial charge on any atom is -0.496 e. The number of sulfonamides is 1. The topological polar surface area (TPSA) is 97.6 Å². The molecule has 0 radical (unpaired) electrons. The second-order valence-corrected chi connectivity index (χ2v) is 8.18. The molecule has 3 rings (SSSR count). The van der Waals surface area contributed by atoms with Crippen LogP contribution in [-0.2, 0) is 23.1 Å². The Hall–Kier alpha value is -3.10. The van der Waals surface area contributed by atoms with E-state index in [0.29, 0.717) is 17.9 Å². The quantitative estimate of drug-likeness (QED) is 0.591. The van der Waals surface area contributed by atoms with Crippen molar-refractivity contribution >= 4 is 15.9 Å². The van der Waals surface area contributed by atoms with Crippen LogP contribution in [0.5, 0.6) is 5.75 Å². The van der Waals surface area contributed by atoms with Gasteiger partial charge in [0.25, 0.3) is 5.91 Å². The number of methoxy groups -OCH3 is 1. The van der Waals surface area contributed by atoms with Crippen molar-refractivity contribution in [1.82, 2.24) is 10.0 Å². The Kier molecular flexibility index (Phi) is 6.36. The summed E-state index contributed by atoms with van der Waals surface area (Å²) in [4.78, 5) is 12.4. The molecular weight excluding hydrogens is 392 g/mol. The maximum atomic E-state index is 12.4. The van der Waals surface area contributed by atoms with Crippen LogP contribution in [0, 0.1) is 6.92 Å². The van der Waals surface area contributed by atoms with Gasteiger partial charge in [-0.2, -0.15) is 0 Å². The normalized spacial score (nSPS) is 11.2. The third-order valence-electron chi connectivity index (χ3n) is 4.37. The van der Waals surface area contributed by atoms with Crippen LogP contribution in [0.1, 0.15) is 27.2 Å². The highest BCUT2D eigenvalue weighted by atomic mass is 32.2. The van der Waals surface area contributed by atoms with Crippen molar-refractivity contribution in [2.24, 2.45) is 0 Å². The number of carbonyl (C=O) groups is 1. The van der Waals surface area contributed by atoms with E-state index in [-0.39, 0.29) is 17.3 Å². The highest BCUT2D eigenvalue weighted by Gasteiger charge is 2.15. The Labute approximate surface area is 169 Å². The fourth-order valence-electron chi connectivity index (χ4n) is 2.71.